The minimum atomic E-state index is -3.59. The van der Waals surface area contributed by atoms with Gasteiger partial charge in [-0.3, -0.25) is 4.79 Å². The van der Waals surface area contributed by atoms with Gasteiger partial charge in [0, 0.05) is 31.2 Å². The van der Waals surface area contributed by atoms with Gasteiger partial charge in [0.05, 0.1) is 22.3 Å². The summed E-state index contributed by atoms with van der Waals surface area (Å²) in [5.74, 6) is -0.0453. The van der Waals surface area contributed by atoms with E-state index >= 15 is 0 Å². The third-order valence-electron chi connectivity index (χ3n) is 5.58. The Morgan fingerprint density at radius 3 is 2.33 bits per heavy atom. The van der Waals surface area contributed by atoms with E-state index in [1.165, 1.54) is 16.4 Å². The van der Waals surface area contributed by atoms with Gasteiger partial charge >= 0.3 is 0 Å². The summed E-state index contributed by atoms with van der Waals surface area (Å²) < 4.78 is 28.9. The summed E-state index contributed by atoms with van der Waals surface area (Å²) in [4.78, 5) is 19.1. The quantitative estimate of drug-likeness (QED) is 0.617. The average Bonchev–Trinajstić information content (AvgIpc) is 3.10. The normalized spacial score (nSPS) is 15.6. The Morgan fingerprint density at radius 2 is 1.67 bits per heavy atom. The molecule has 9 heteroatoms. The number of fused-ring (bicyclic) bond motifs is 1. The first-order chi connectivity index (χ1) is 14.3. The summed E-state index contributed by atoms with van der Waals surface area (Å²) in [6.45, 7) is 5.50. The molecule has 1 aliphatic rings. The second kappa shape index (κ2) is 8.02. The number of halogens is 1. The highest BCUT2D eigenvalue weighted by Gasteiger charge is 2.30. The number of amides is 1. The predicted octanol–water partition coefficient (Wildman–Crippen LogP) is 2.84. The van der Waals surface area contributed by atoms with Crippen molar-refractivity contribution in [3.63, 3.8) is 0 Å². The first-order valence-corrected chi connectivity index (χ1v) is 11.5. The average molecular weight is 447 g/mol. The summed E-state index contributed by atoms with van der Waals surface area (Å²) in [5.41, 5.74) is 4.11. The van der Waals surface area contributed by atoms with Crippen LogP contribution < -0.4 is 0 Å². The number of benzene rings is 2. The van der Waals surface area contributed by atoms with E-state index in [1.54, 1.807) is 23.4 Å². The van der Waals surface area contributed by atoms with Crippen molar-refractivity contribution in [2.45, 2.75) is 25.3 Å². The first-order valence-electron chi connectivity index (χ1n) is 9.71. The van der Waals surface area contributed by atoms with E-state index in [9.17, 15) is 13.2 Å². The molecular formula is C21H23ClN4O3S. The Bertz CT molecular complexity index is 1200. The third kappa shape index (κ3) is 3.95. The van der Waals surface area contributed by atoms with Crippen LogP contribution in [-0.2, 0) is 21.4 Å². The summed E-state index contributed by atoms with van der Waals surface area (Å²) in [6, 6.07) is 10.2. The van der Waals surface area contributed by atoms with Gasteiger partial charge in [0.2, 0.25) is 15.9 Å². The number of carbonyl (C=O) groups is 1. The highest BCUT2D eigenvalue weighted by Crippen LogP contribution is 2.21. The molecule has 0 atom stereocenters. The van der Waals surface area contributed by atoms with Crippen molar-refractivity contribution in [2.24, 2.45) is 0 Å². The van der Waals surface area contributed by atoms with Crippen LogP contribution in [0, 0.1) is 13.8 Å². The van der Waals surface area contributed by atoms with E-state index in [0.717, 1.165) is 22.2 Å². The van der Waals surface area contributed by atoms with Crippen LogP contribution >= 0.6 is 11.6 Å². The molecule has 1 amide bonds. The number of aryl methyl sites for hydroxylation is 2. The van der Waals surface area contributed by atoms with Crippen LogP contribution in [0.4, 0.5) is 0 Å². The standard InChI is InChI=1S/C21H23ClN4O3S/c1-15-11-19-20(12-16(15)2)25(14-23-19)13-21(27)24-7-9-26(10-8-24)30(28,29)18-5-3-17(22)4-6-18/h3-6,11-12,14H,7-10,13H2,1-2H3. The SMILES string of the molecule is Cc1cc2ncn(CC(=O)N3CCN(S(=O)(=O)c4ccc(Cl)cc4)CC3)c2cc1C. The van der Waals surface area contributed by atoms with Crippen LogP contribution in [-0.4, -0.2) is 59.3 Å². The van der Waals surface area contributed by atoms with Gasteiger partial charge in [-0.05, 0) is 61.4 Å². The fourth-order valence-electron chi connectivity index (χ4n) is 3.62. The predicted molar refractivity (Wildman–Crippen MR) is 116 cm³/mol. The Morgan fingerprint density at radius 1 is 1.03 bits per heavy atom. The molecule has 0 N–H and O–H groups in total. The summed E-state index contributed by atoms with van der Waals surface area (Å²) in [6.07, 6.45) is 1.68. The molecule has 0 saturated carbocycles. The smallest absolute Gasteiger partial charge is 0.243 e. The second-order valence-electron chi connectivity index (χ2n) is 7.54. The lowest BCUT2D eigenvalue weighted by Crippen LogP contribution is -2.51. The van der Waals surface area contributed by atoms with Crippen LogP contribution in [0.3, 0.4) is 0 Å². The van der Waals surface area contributed by atoms with Crippen LogP contribution in [0.1, 0.15) is 11.1 Å². The van der Waals surface area contributed by atoms with E-state index < -0.39 is 10.0 Å². The van der Waals surface area contributed by atoms with Crippen molar-refractivity contribution < 1.29 is 13.2 Å². The molecule has 0 unspecified atom stereocenters. The van der Waals surface area contributed by atoms with Crippen LogP contribution in [0.2, 0.25) is 5.02 Å². The van der Waals surface area contributed by atoms with Gasteiger partial charge in [0.1, 0.15) is 6.54 Å². The molecule has 30 heavy (non-hydrogen) atoms. The highest BCUT2D eigenvalue weighted by atomic mass is 35.5. The van der Waals surface area contributed by atoms with Crippen molar-refractivity contribution in [1.29, 1.82) is 0 Å². The van der Waals surface area contributed by atoms with Gasteiger partial charge in [-0.25, -0.2) is 13.4 Å². The van der Waals surface area contributed by atoms with Gasteiger partial charge in [0.25, 0.3) is 0 Å². The zero-order valence-corrected chi connectivity index (χ0v) is 18.4. The molecule has 7 nitrogen and oxygen atoms in total. The maximum Gasteiger partial charge on any atom is 0.243 e. The van der Waals surface area contributed by atoms with Crippen molar-refractivity contribution in [1.82, 2.24) is 18.8 Å². The molecule has 2 heterocycles. The lowest BCUT2D eigenvalue weighted by molar-refractivity contribution is -0.132. The molecule has 4 rings (SSSR count). The topological polar surface area (TPSA) is 75.5 Å². The Balaban J connectivity index is 1.42. The number of rotatable bonds is 4. The molecule has 0 aliphatic carbocycles. The lowest BCUT2D eigenvalue weighted by atomic mass is 10.1. The van der Waals surface area contributed by atoms with E-state index in [1.807, 2.05) is 30.5 Å². The fraction of sp³-hybridized carbons (Fsp3) is 0.333. The second-order valence-corrected chi connectivity index (χ2v) is 9.91. The number of sulfonamides is 1. The Kier molecular flexibility index (Phi) is 5.57. The van der Waals surface area contributed by atoms with Gasteiger partial charge in [-0.1, -0.05) is 11.6 Å². The minimum absolute atomic E-state index is 0.0453. The maximum atomic E-state index is 12.8. The van der Waals surface area contributed by atoms with E-state index in [4.69, 9.17) is 11.6 Å². The number of hydrogen-bond donors (Lipinski definition) is 0. The number of imidazole rings is 1. The number of piperazine rings is 1. The van der Waals surface area contributed by atoms with E-state index in [2.05, 4.69) is 4.98 Å². The fourth-order valence-corrected chi connectivity index (χ4v) is 5.17. The molecule has 0 bridgehead atoms. The molecule has 3 aromatic rings. The van der Waals surface area contributed by atoms with Crippen molar-refractivity contribution in [3.8, 4) is 0 Å². The van der Waals surface area contributed by atoms with Gasteiger partial charge in [-0.15, -0.1) is 0 Å². The molecule has 0 spiro atoms. The number of aromatic nitrogens is 2. The number of carbonyl (C=O) groups excluding carboxylic acids is 1. The van der Waals surface area contributed by atoms with Gasteiger partial charge < -0.3 is 9.47 Å². The molecule has 0 radical (unpaired) electrons. The summed E-state index contributed by atoms with van der Waals surface area (Å²) in [7, 11) is -3.59. The number of nitrogens with zero attached hydrogens (tertiary/aromatic N) is 4. The molecule has 158 valence electrons. The third-order valence-corrected chi connectivity index (χ3v) is 7.75. The molecule has 1 fully saturated rings. The van der Waals surface area contributed by atoms with Gasteiger partial charge in [0.15, 0.2) is 0 Å². The maximum absolute atomic E-state index is 12.8. The molecular weight excluding hydrogens is 424 g/mol. The zero-order chi connectivity index (χ0) is 21.5. The van der Waals surface area contributed by atoms with Crippen molar-refractivity contribution in [2.75, 3.05) is 26.2 Å². The largest absolute Gasteiger partial charge is 0.339 e. The Labute approximate surface area is 180 Å². The molecule has 1 aliphatic heterocycles. The lowest BCUT2D eigenvalue weighted by Gasteiger charge is -2.34. The molecule has 2 aromatic carbocycles. The van der Waals surface area contributed by atoms with Crippen LogP contribution in [0.25, 0.3) is 11.0 Å². The van der Waals surface area contributed by atoms with Crippen molar-refractivity contribution in [3.05, 3.63) is 58.9 Å². The minimum Gasteiger partial charge on any atom is -0.339 e. The van der Waals surface area contributed by atoms with Crippen LogP contribution in [0.15, 0.2) is 47.6 Å². The summed E-state index contributed by atoms with van der Waals surface area (Å²) >= 11 is 5.85. The number of hydrogen-bond acceptors (Lipinski definition) is 4. The first kappa shape index (κ1) is 20.8. The van der Waals surface area contributed by atoms with Crippen LogP contribution in [0.5, 0.6) is 0 Å². The van der Waals surface area contributed by atoms with E-state index in [-0.39, 0.29) is 30.4 Å². The zero-order valence-electron chi connectivity index (χ0n) is 16.9. The van der Waals surface area contributed by atoms with Gasteiger partial charge in [-0.2, -0.15) is 4.31 Å². The monoisotopic (exact) mass is 446 g/mol. The van der Waals surface area contributed by atoms with Crippen molar-refractivity contribution >= 4 is 38.6 Å². The van der Waals surface area contributed by atoms with E-state index in [0.29, 0.717) is 18.1 Å². The highest BCUT2D eigenvalue weighted by molar-refractivity contribution is 7.89. The molecule has 1 aromatic heterocycles. The summed E-state index contributed by atoms with van der Waals surface area (Å²) in [5, 5.41) is 0.488. The molecule has 1 saturated heterocycles. The Hall–Kier alpha value is -2.42.